The molecule has 0 aliphatic carbocycles. The van der Waals surface area contributed by atoms with E-state index in [0.717, 1.165) is 22.7 Å². The first-order valence-electron chi connectivity index (χ1n) is 15.4. The van der Waals surface area contributed by atoms with Gasteiger partial charge in [0.05, 0.1) is 30.0 Å². The van der Waals surface area contributed by atoms with E-state index in [1.54, 1.807) is 17.9 Å². The Labute approximate surface area is 285 Å². The predicted octanol–water partition coefficient (Wildman–Crippen LogP) is 3.95. The maximum Gasteiger partial charge on any atom is 0.416 e. The van der Waals surface area contributed by atoms with Gasteiger partial charge in [0.1, 0.15) is 17.5 Å². The van der Waals surface area contributed by atoms with Crippen LogP contribution >= 0.6 is 11.6 Å². The lowest BCUT2D eigenvalue weighted by Crippen LogP contribution is -2.51. The molecule has 2 aliphatic rings. The smallest absolute Gasteiger partial charge is 0.416 e. The second-order valence-corrected chi connectivity index (χ2v) is 12.0. The third kappa shape index (κ3) is 6.26. The number of aromatic nitrogens is 4. The summed E-state index contributed by atoms with van der Waals surface area (Å²) < 4.78 is 76.1. The summed E-state index contributed by atoms with van der Waals surface area (Å²) in [6, 6.07) is 2.12. The molecule has 0 spiro atoms. The summed E-state index contributed by atoms with van der Waals surface area (Å²) in [6.45, 7) is 2.28. The highest BCUT2D eigenvalue weighted by atomic mass is 35.5. The van der Waals surface area contributed by atoms with Gasteiger partial charge in [-0.15, -0.1) is 5.10 Å². The number of halogens is 6. The van der Waals surface area contributed by atoms with Crippen LogP contribution in [-0.4, -0.2) is 80.4 Å². The lowest BCUT2D eigenvalue weighted by molar-refractivity contribution is -0.137. The van der Waals surface area contributed by atoms with Gasteiger partial charge in [-0.2, -0.15) is 22.7 Å². The zero-order valence-corrected chi connectivity index (χ0v) is 27.1. The predicted molar refractivity (Wildman–Crippen MR) is 170 cm³/mol. The zero-order valence-electron chi connectivity index (χ0n) is 26.3. The normalized spacial score (nSPS) is 16.1. The lowest BCUT2D eigenvalue weighted by atomic mass is 10.0. The molecule has 4 heterocycles. The number of benzene rings is 2. The Morgan fingerprint density at radius 3 is 2.44 bits per heavy atom. The number of anilines is 1. The minimum Gasteiger partial charge on any atom is -0.504 e. The lowest BCUT2D eigenvalue weighted by Gasteiger charge is -2.37. The van der Waals surface area contributed by atoms with E-state index in [-0.39, 0.29) is 67.8 Å². The molecule has 4 aromatic rings. The number of phenols is 1. The van der Waals surface area contributed by atoms with Crippen molar-refractivity contribution in [2.75, 3.05) is 44.3 Å². The Morgan fingerprint density at radius 2 is 1.84 bits per heavy atom. The molecule has 0 bridgehead atoms. The average molecular weight is 722 g/mol. The topological polar surface area (TPSA) is 148 Å². The van der Waals surface area contributed by atoms with E-state index in [2.05, 4.69) is 10.1 Å². The third-order valence-electron chi connectivity index (χ3n) is 8.64. The molecule has 12 nitrogen and oxygen atoms in total. The number of carbonyl (C=O) groups is 2. The standard InChI is InChI=1S/C32H29ClF5N7O5/c1-2-23-25(42-7-9-43(10-8-42)29(48)20-14-18(34)15-22(35)26(20)46)30(49)45-31(40-28(41-45)16-5-11-50-12-6-16)44(23)24(27(39)47)19-4-3-17(13-21(19)33)32(36,37)38/h3-5,13-15,24,46H,2,6-12H2,1H3,(H2,39,47). The molecular formula is C32H29ClF5N7O5. The second kappa shape index (κ2) is 13.4. The van der Waals surface area contributed by atoms with E-state index in [1.165, 1.54) is 9.47 Å². The molecule has 1 saturated heterocycles. The Morgan fingerprint density at radius 1 is 1.12 bits per heavy atom. The number of nitrogens with two attached hydrogens (primary N) is 1. The fourth-order valence-electron chi connectivity index (χ4n) is 6.22. The molecule has 2 aromatic heterocycles. The number of piperazine rings is 1. The highest BCUT2D eigenvalue weighted by Crippen LogP contribution is 2.37. The highest BCUT2D eigenvalue weighted by Gasteiger charge is 2.36. The molecule has 0 saturated carbocycles. The zero-order chi connectivity index (χ0) is 36.1. The Bertz CT molecular complexity index is 2110. The van der Waals surface area contributed by atoms with Gasteiger partial charge in [-0.05, 0) is 36.6 Å². The van der Waals surface area contributed by atoms with E-state index in [4.69, 9.17) is 22.1 Å². The van der Waals surface area contributed by atoms with E-state index in [1.807, 2.05) is 0 Å². The molecule has 264 valence electrons. The quantitative estimate of drug-likeness (QED) is 0.273. The number of alkyl halides is 3. The molecule has 3 N–H and O–H groups in total. The summed E-state index contributed by atoms with van der Waals surface area (Å²) in [5, 5.41) is 14.1. The van der Waals surface area contributed by atoms with Gasteiger partial charge < -0.3 is 25.4 Å². The van der Waals surface area contributed by atoms with Crippen molar-refractivity contribution in [3.63, 3.8) is 0 Å². The summed E-state index contributed by atoms with van der Waals surface area (Å²) in [5.41, 5.74) is 4.55. The number of carbonyl (C=O) groups excluding carboxylic acids is 2. The van der Waals surface area contributed by atoms with Gasteiger partial charge in [0.2, 0.25) is 11.7 Å². The van der Waals surface area contributed by atoms with Crippen LogP contribution in [0.4, 0.5) is 27.6 Å². The van der Waals surface area contributed by atoms with Crippen LogP contribution in [0.2, 0.25) is 5.02 Å². The molecule has 2 aliphatic heterocycles. The van der Waals surface area contributed by atoms with Crippen LogP contribution in [0.25, 0.3) is 11.4 Å². The monoisotopic (exact) mass is 721 g/mol. The molecule has 1 unspecified atom stereocenters. The van der Waals surface area contributed by atoms with Gasteiger partial charge in [-0.1, -0.05) is 30.7 Å². The van der Waals surface area contributed by atoms with Crippen LogP contribution in [0.3, 0.4) is 0 Å². The maximum atomic E-state index is 14.3. The average Bonchev–Trinajstić information content (AvgIpc) is 3.53. The van der Waals surface area contributed by atoms with Gasteiger partial charge in [-0.25, -0.2) is 8.78 Å². The van der Waals surface area contributed by atoms with E-state index in [0.29, 0.717) is 30.7 Å². The van der Waals surface area contributed by atoms with Crippen LogP contribution in [0.1, 0.15) is 52.4 Å². The molecule has 0 radical (unpaired) electrons. The van der Waals surface area contributed by atoms with E-state index < -0.39 is 63.1 Å². The fourth-order valence-corrected chi connectivity index (χ4v) is 6.51. The van der Waals surface area contributed by atoms with Gasteiger partial charge in [0.25, 0.3) is 11.5 Å². The number of aromatic hydroxyl groups is 1. The molecule has 1 fully saturated rings. The highest BCUT2D eigenvalue weighted by molar-refractivity contribution is 6.31. The molecule has 6 rings (SSSR count). The Hall–Kier alpha value is -5.03. The molecule has 50 heavy (non-hydrogen) atoms. The molecular weight excluding hydrogens is 693 g/mol. The third-order valence-corrected chi connectivity index (χ3v) is 8.97. The van der Waals surface area contributed by atoms with Gasteiger partial charge in [0, 0.05) is 42.8 Å². The maximum absolute atomic E-state index is 14.3. The number of primary amides is 1. The number of amides is 2. The van der Waals surface area contributed by atoms with Crippen molar-refractivity contribution in [1.29, 1.82) is 0 Å². The van der Waals surface area contributed by atoms with Crippen molar-refractivity contribution in [3.05, 3.63) is 91.6 Å². The molecule has 2 aromatic carbocycles. The summed E-state index contributed by atoms with van der Waals surface area (Å²) >= 11 is 6.38. The van der Waals surface area contributed by atoms with Crippen molar-refractivity contribution in [2.45, 2.75) is 32.0 Å². The second-order valence-electron chi connectivity index (χ2n) is 11.6. The fraction of sp³-hybridized carbons (Fsp3) is 0.344. The van der Waals surface area contributed by atoms with Crippen LogP contribution < -0.4 is 16.2 Å². The van der Waals surface area contributed by atoms with Crippen LogP contribution in [-0.2, 0) is 22.1 Å². The molecule has 1 atom stereocenters. The van der Waals surface area contributed by atoms with Gasteiger partial charge in [-0.3, -0.25) is 19.0 Å². The number of fused-ring (bicyclic) bond motifs is 1. The number of ether oxygens (including phenoxy) is 1. The van der Waals surface area contributed by atoms with Crippen molar-refractivity contribution in [2.24, 2.45) is 5.73 Å². The number of phenolic OH excluding ortho intramolecular Hbond substituents is 1. The van der Waals surface area contributed by atoms with Gasteiger partial charge in [0.15, 0.2) is 17.4 Å². The number of hydrogen-bond acceptors (Lipinski definition) is 8. The van der Waals surface area contributed by atoms with Crippen molar-refractivity contribution in [1.82, 2.24) is 24.1 Å². The minimum atomic E-state index is -4.72. The first-order chi connectivity index (χ1) is 23.7. The first-order valence-corrected chi connectivity index (χ1v) is 15.8. The van der Waals surface area contributed by atoms with Crippen molar-refractivity contribution in [3.8, 4) is 5.75 Å². The van der Waals surface area contributed by atoms with Gasteiger partial charge >= 0.3 is 6.18 Å². The SMILES string of the molecule is CCc1c(N2CCN(C(=O)c3cc(F)cc(F)c3O)CC2)c(=O)n2nc(C3=CCOCC3)nc2n1C(C(N)=O)c1ccc(C(F)(F)F)cc1Cl. The summed E-state index contributed by atoms with van der Waals surface area (Å²) in [4.78, 5) is 48.2. The number of nitrogens with zero attached hydrogens (tertiary/aromatic N) is 6. The van der Waals surface area contributed by atoms with Crippen LogP contribution in [0.5, 0.6) is 5.75 Å². The van der Waals surface area contributed by atoms with Crippen LogP contribution in [0.15, 0.2) is 41.2 Å². The van der Waals surface area contributed by atoms with Crippen molar-refractivity contribution >= 4 is 40.5 Å². The first kappa shape index (κ1) is 34.8. The summed E-state index contributed by atoms with van der Waals surface area (Å²) in [7, 11) is 0. The van der Waals surface area contributed by atoms with E-state index >= 15 is 0 Å². The minimum absolute atomic E-state index is 0.0182. The Balaban J connectivity index is 1.48. The Kier molecular flexibility index (Phi) is 9.30. The van der Waals surface area contributed by atoms with Crippen molar-refractivity contribution < 1.29 is 41.4 Å². The molecule has 2 amide bonds. The summed E-state index contributed by atoms with van der Waals surface area (Å²) in [5.74, 6) is -5.14. The van der Waals surface area contributed by atoms with E-state index in [9.17, 15) is 41.4 Å². The number of hydrogen-bond donors (Lipinski definition) is 2. The largest absolute Gasteiger partial charge is 0.504 e. The summed E-state index contributed by atoms with van der Waals surface area (Å²) in [6.07, 6.45) is -2.46. The number of rotatable bonds is 7. The molecule has 18 heteroatoms. The van der Waals surface area contributed by atoms with Crippen LogP contribution in [0, 0.1) is 11.6 Å².